The SMILES string of the molecule is CCCCCCCCCc1ccc(CN=O)c(O)c1. The number of nitrogens with zero attached hydrogens (tertiary/aromatic N) is 1. The molecular formula is C16H25NO2. The second-order valence-corrected chi connectivity index (χ2v) is 5.12. The van der Waals surface area contributed by atoms with E-state index in [0.29, 0.717) is 5.56 Å². The van der Waals surface area contributed by atoms with Crippen LogP contribution < -0.4 is 0 Å². The standard InChI is InChI=1S/C16H25NO2/c1-2-3-4-5-6-7-8-9-14-10-11-15(13-17-19)16(18)12-14/h10-12,18H,2-9,13H2,1H3. The van der Waals surface area contributed by atoms with Crippen LogP contribution in [0.25, 0.3) is 0 Å². The van der Waals surface area contributed by atoms with Crippen molar-refractivity contribution in [1.82, 2.24) is 0 Å². The van der Waals surface area contributed by atoms with Crippen LogP contribution in [0.15, 0.2) is 23.4 Å². The van der Waals surface area contributed by atoms with E-state index in [9.17, 15) is 10.0 Å². The maximum absolute atomic E-state index is 10.2. The molecule has 1 aromatic carbocycles. The number of aryl methyl sites for hydroxylation is 1. The molecule has 1 aromatic rings. The molecule has 1 N–H and O–H groups in total. The normalized spacial score (nSPS) is 10.6. The van der Waals surface area contributed by atoms with Crippen LogP contribution in [0.2, 0.25) is 0 Å². The van der Waals surface area contributed by atoms with Gasteiger partial charge in [0.05, 0.1) is 0 Å². The van der Waals surface area contributed by atoms with Crippen molar-refractivity contribution in [2.24, 2.45) is 5.18 Å². The van der Waals surface area contributed by atoms with Gasteiger partial charge >= 0.3 is 0 Å². The number of nitroso groups, excluding NO2 is 1. The Bertz CT molecular complexity index is 377. The quantitative estimate of drug-likeness (QED) is 0.479. The number of hydrogen-bond donors (Lipinski definition) is 1. The number of rotatable bonds is 10. The van der Waals surface area contributed by atoms with E-state index < -0.39 is 0 Å². The van der Waals surface area contributed by atoms with Gasteiger partial charge in [0.2, 0.25) is 0 Å². The lowest BCUT2D eigenvalue weighted by Gasteiger charge is -2.05. The molecule has 0 aliphatic heterocycles. The fraction of sp³-hybridized carbons (Fsp3) is 0.625. The summed E-state index contributed by atoms with van der Waals surface area (Å²) in [7, 11) is 0. The smallest absolute Gasteiger partial charge is 0.121 e. The third kappa shape index (κ3) is 6.37. The average Bonchev–Trinajstić information content (AvgIpc) is 2.41. The highest BCUT2D eigenvalue weighted by atomic mass is 16.3. The van der Waals surface area contributed by atoms with Crippen LogP contribution in [0.5, 0.6) is 5.75 Å². The Balaban J connectivity index is 2.22. The predicted octanol–water partition coefficient (Wildman–Crippen LogP) is 4.95. The van der Waals surface area contributed by atoms with E-state index in [1.54, 1.807) is 12.1 Å². The second-order valence-electron chi connectivity index (χ2n) is 5.12. The van der Waals surface area contributed by atoms with E-state index in [2.05, 4.69) is 12.1 Å². The Labute approximate surface area is 116 Å². The lowest BCUT2D eigenvalue weighted by Crippen LogP contribution is -1.89. The van der Waals surface area contributed by atoms with Gasteiger partial charge in [-0.3, -0.25) is 0 Å². The second kappa shape index (κ2) is 9.54. The molecule has 19 heavy (non-hydrogen) atoms. The molecule has 0 saturated carbocycles. The molecule has 0 atom stereocenters. The summed E-state index contributed by atoms with van der Waals surface area (Å²) in [5, 5.41) is 12.5. The minimum absolute atomic E-state index is 0.0452. The first-order valence-corrected chi connectivity index (χ1v) is 7.37. The van der Waals surface area contributed by atoms with Crippen LogP contribution in [-0.4, -0.2) is 5.11 Å². The van der Waals surface area contributed by atoms with Crippen LogP contribution in [0.1, 0.15) is 63.0 Å². The first-order chi connectivity index (χ1) is 9.27. The molecule has 0 aromatic heterocycles. The first kappa shape index (κ1) is 15.7. The third-order valence-corrected chi connectivity index (χ3v) is 3.45. The predicted molar refractivity (Wildman–Crippen MR) is 79.3 cm³/mol. The van der Waals surface area contributed by atoms with Crippen molar-refractivity contribution in [3.8, 4) is 5.75 Å². The van der Waals surface area contributed by atoms with Gasteiger partial charge in [0, 0.05) is 5.56 Å². The van der Waals surface area contributed by atoms with E-state index in [1.807, 2.05) is 6.07 Å². The lowest BCUT2D eigenvalue weighted by molar-refractivity contribution is 0.467. The minimum Gasteiger partial charge on any atom is -0.508 e. The molecule has 0 bridgehead atoms. The van der Waals surface area contributed by atoms with Gasteiger partial charge in [-0.15, -0.1) is 0 Å². The summed E-state index contributed by atoms with van der Waals surface area (Å²) in [5.74, 6) is 0.194. The van der Waals surface area contributed by atoms with E-state index in [0.717, 1.165) is 18.4 Å². The lowest BCUT2D eigenvalue weighted by atomic mass is 10.0. The van der Waals surface area contributed by atoms with Gasteiger partial charge < -0.3 is 5.11 Å². The van der Waals surface area contributed by atoms with Gasteiger partial charge in [-0.25, -0.2) is 0 Å². The molecule has 1 rings (SSSR count). The number of aromatic hydroxyl groups is 1. The van der Waals surface area contributed by atoms with Gasteiger partial charge in [0.15, 0.2) is 0 Å². The van der Waals surface area contributed by atoms with E-state index in [1.165, 1.54) is 38.5 Å². The minimum atomic E-state index is 0.0452. The van der Waals surface area contributed by atoms with Crippen LogP contribution in [0.3, 0.4) is 0 Å². The Morgan fingerprint density at radius 3 is 2.37 bits per heavy atom. The molecular weight excluding hydrogens is 238 g/mol. The Kier molecular flexibility index (Phi) is 7.87. The summed E-state index contributed by atoms with van der Waals surface area (Å²) in [5.41, 5.74) is 1.75. The Morgan fingerprint density at radius 1 is 1.05 bits per heavy atom. The van der Waals surface area contributed by atoms with Crippen LogP contribution >= 0.6 is 0 Å². The zero-order chi connectivity index (χ0) is 13.9. The van der Waals surface area contributed by atoms with Crippen molar-refractivity contribution in [2.75, 3.05) is 0 Å². The Morgan fingerprint density at radius 2 is 1.74 bits per heavy atom. The van der Waals surface area contributed by atoms with Crippen LogP contribution in [0.4, 0.5) is 0 Å². The van der Waals surface area contributed by atoms with Crippen molar-refractivity contribution in [1.29, 1.82) is 0 Å². The number of phenolic OH excluding ortho intramolecular Hbond substituents is 1. The zero-order valence-electron chi connectivity index (χ0n) is 11.9. The molecule has 0 spiro atoms. The zero-order valence-corrected chi connectivity index (χ0v) is 11.9. The average molecular weight is 263 g/mol. The van der Waals surface area contributed by atoms with Crippen molar-refractivity contribution in [3.05, 3.63) is 34.2 Å². The highest BCUT2D eigenvalue weighted by Crippen LogP contribution is 2.21. The van der Waals surface area contributed by atoms with Gasteiger partial charge in [-0.2, -0.15) is 4.91 Å². The van der Waals surface area contributed by atoms with Gasteiger partial charge in [0.25, 0.3) is 0 Å². The van der Waals surface area contributed by atoms with E-state index in [4.69, 9.17) is 0 Å². The molecule has 0 radical (unpaired) electrons. The van der Waals surface area contributed by atoms with Crippen molar-refractivity contribution in [3.63, 3.8) is 0 Å². The molecule has 106 valence electrons. The summed E-state index contributed by atoms with van der Waals surface area (Å²) >= 11 is 0. The number of unbranched alkanes of at least 4 members (excludes halogenated alkanes) is 6. The molecule has 0 amide bonds. The summed E-state index contributed by atoms with van der Waals surface area (Å²) in [6.07, 6.45) is 10.0. The number of phenols is 1. The van der Waals surface area contributed by atoms with Crippen molar-refractivity contribution in [2.45, 2.75) is 64.8 Å². The molecule has 0 aliphatic rings. The van der Waals surface area contributed by atoms with Crippen molar-refractivity contribution >= 4 is 0 Å². The molecule has 0 heterocycles. The van der Waals surface area contributed by atoms with E-state index in [-0.39, 0.29) is 12.3 Å². The highest BCUT2D eigenvalue weighted by molar-refractivity contribution is 5.36. The van der Waals surface area contributed by atoms with Crippen LogP contribution in [0, 0.1) is 4.91 Å². The van der Waals surface area contributed by atoms with Gasteiger partial charge in [0.1, 0.15) is 12.3 Å². The first-order valence-electron chi connectivity index (χ1n) is 7.37. The highest BCUT2D eigenvalue weighted by Gasteiger charge is 2.02. The summed E-state index contributed by atoms with van der Waals surface area (Å²) in [4.78, 5) is 10.2. The number of benzene rings is 1. The molecule has 3 heteroatoms. The summed E-state index contributed by atoms with van der Waals surface area (Å²) < 4.78 is 0. The number of hydrogen-bond acceptors (Lipinski definition) is 3. The van der Waals surface area contributed by atoms with Crippen LogP contribution in [-0.2, 0) is 13.0 Å². The van der Waals surface area contributed by atoms with Crippen molar-refractivity contribution < 1.29 is 5.11 Å². The molecule has 0 aliphatic carbocycles. The Hall–Kier alpha value is -1.38. The fourth-order valence-electron chi connectivity index (χ4n) is 2.25. The maximum Gasteiger partial charge on any atom is 0.121 e. The van der Waals surface area contributed by atoms with E-state index >= 15 is 0 Å². The maximum atomic E-state index is 10.2. The third-order valence-electron chi connectivity index (χ3n) is 3.45. The summed E-state index contributed by atoms with van der Waals surface area (Å²) in [6, 6.07) is 5.54. The summed E-state index contributed by atoms with van der Waals surface area (Å²) in [6.45, 7) is 2.28. The molecule has 0 unspecified atom stereocenters. The topological polar surface area (TPSA) is 49.7 Å². The monoisotopic (exact) mass is 263 g/mol. The molecule has 0 saturated heterocycles. The fourth-order valence-corrected chi connectivity index (χ4v) is 2.25. The molecule has 0 fully saturated rings. The largest absolute Gasteiger partial charge is 0.508 e. The molecule has 3 nitrogen and oxygen atoms in total. The van der Waals surface area contributed by atoms with Gasteiger partial charge in [-0.1, -0.05) is 62.8 Å². The van der Waals surface area contributed by atoms with Gasteiger partial charge in [-0.05, 0) is 24.5 Å².